The zero-order chi connectivity index (χ0) is 15.2. The van der Waals surface area contributed by atoms with E-state index in [1.165, 1.54) is 25.7 Å². The van der Waals surface area contributed by atoms with Crippen molar-refractivity contribution in [2.24, 2.45) is 5.92 Å². The summed E-state index contributed by atoms with van der Waals surface area (Å²) in [6.07, 6.45) is 7.16. The number of amides is 1. The Morgan fingerprint density at radius 1 is 1.38 bits per heavy atom. The number of carbonyl (C=O) groups is 1. The molecule has 1 aromatic heterocycles. The Hall–Kier alpha value is -1.36. The third-order valence-corrected chi connectivity index (χ3v) is 4.03. The quantitative estimate of drug-likeness (QED) is 0.810. The largest absolute Gasteiger partial charge is 0.354 e. The van der Waals surface area contributed by atoms with E-state index in [0.29, 0.717) is 18.5 Å². The van der Waals surface area contributed by atoms with Crippen molar-refractivity contribution in [3.8, 4) is 0 Å². The summed E-state index contributed by atoms with van der Waals surface area (Å²) in [5, 5.41) is 10.8. The second kappa shape index (κ2) is 7.59. The molecule has 0 bridgehead atoms. The molecule has 0 saturated heterocycles. The van der Waals surface area contributed by atoms with E-state index in [2.05, 4.69) is 40.5 Å². The molecule has 21 heavy (non-hydrogen) atoms. The van der Waals surface area contributed by atoms with Crippen molar-refractivity contribution >= 4 is 5.91 Å². The summed E-state index contributed by atoms with van der Waals surface area (Å²) in [5.74, 6) is 0.530. The lowest BCUT2D eigenvalue weighted by molar-refractivity contribution is -0.122. The third kappa shape index (κ3) is 4.84. The Bertz CT molecular complexity index is 449. The van der Waals surface area contributed by atoms with E-state index in [0.717, 1.165) is 12.2 Å². The fourth-order valence-electron chi connectivity index (χ4n) is 2.65. The number of hydrogen-bond donors (Lipinski definition) is 2. The van der Waals surface area contributed by atoms with Crippen LogP contribution >= 0.6 is 0 Å². The molecular formula is C16H28N4O. The van der Waals surface area contributed by atoms with Crippen molar-refractivity contribution in [3.05, 3.63) is 18.0 Å². The second-order valence-electron chi connectivity index (χ2n) is 6.47. The van der Waals surface area contributed by atoms with Gasteiger partial charge in [0, 0.05) is 19.3 Å². The summed E-state index contributed by atoms with van der Waals surface area (Å²) in [7, 11) is 0. The molecule has 5 heteroatoms. The molecule has 1 aliphatic carbocycles. The minimum absolute atomic E-state index is 0.0546. The van der Waals surface area contributed by atoms with Gasteiger partial charge < -0.3 is 10.6 Å². The first-order valence-corrected chi connectivity index (χ1v) is 8.11. The molecule has 0 aromatic carbocycles. The summed E-state index contributed by atoms with van der Waals surface area (Å²) in [6.45, 7) is 7.43. The second-order valence-corrected chi connectivity index (χ2v) is 6.47. The lowest BCUT2D eigenvalue weighted by Crippen LogP contribution is -2.43. The van der Waals surface area contributed by atoms with Gasteiger partial charge in [-0.2, -0.15) is 5.10 Å². The van der Waals surface area contributed by atoms with Gasteiger partial charge in [0.05, 0.1) is 17.8 Å². The first-order valence-electron chi connectivity index (χ1n) is 8.11. The number of nitrogens with one attached hydrogen (secondary N) is 2. The van der Waals surface area contributed by atoms with Crippen LogP contribution in [0, 0.1) is 5.92 Å². The number of carbonyl (C=O) groups excluding carboxylic acids is 1. The van der Waals surface area contributed by atoms with Gasteiger partial charge in [-0.1, -0.05) is 26.7 Å². The SMILES string of the molecule is CC(C)CNC(=O)C(C)NCc1ccn(C2CCCC2)n1. The van der Waals surface area contributed by atoms with E-state index < -0.39 is 0 Å². The van der Waals surface area contributed by atoms with E-state index in [4.69, 9.17) is 0 Å². The Kier molecular flexibility index (Phi) is 5.79. The summed E-state index contributed by atoms with van der Waals surface area (Å²) in [4.78, 5) is 11.9. The number of hydrogen-bond acceptors (Lipinski definition) is 3. The fraction of sp³-hybridized carbons (Fsp3) is 0.750. The van der Waals surface area contributed by atoms with Crippen LogP contribution in [0.4, 0.5) is 0 Å². The van der Waals surface area contributed by atoms with Crippen LogP contribution < -0.4 is 10.6 Å². The third-order valence-electron chi connectivity index (χ3n) is 4.03. The highest BCUT2D eigenvalue weighted by Gasteiger charge is 2.18. The zero-order valence-corrected chi connectivity index (χ0v) is 13.4. The number of rotatable bonds is 7. The maximum absolute atomic E-state index is 11.9. The summed E-state index contributed by atoms with van der Waals surface area (Å²) in [6, 6.07) is 2.43. The van der Waals surface area contributed by atoms with Gasteiger partial charge in [-0.05, 0) is 31.7 Å². The van der Waals surface area contributed by atoms with Crippen LogP contribution in [0.1, 0.15) is 58.2 Å². The summed E-state index contributed by atoms with van der Waals surface area (Å²) in [5.41, 5.74) is 1.01. The van der Waals surface area contributed by atoms with Crippen molar-refractivity contribution in [1.82, 2.24) is 20.4 Å². The maximum atomic E-state index is 11.9. The molecule has 1 fully saturated rings. The Morgan fingerprint density at radius 3 is 2.76 bits per heavy atom. The highest BCUT2D eigenvalue weighted by molar-refractivity contribution is 5.81. The molecular weight excluding hydrogens is 264 g/mol. The van der Waals surface area contributed by atoms with Crippen LogP contribution in [0.15, 0.2) is 12.3 Å². The Balaban J connectivity index is 1.75. The van der Waals surface area contributed by atoms with E-state index in [9.17, 15) is 4.79 Å². The Labute approximate surface area is 127 Å². The lowest BCUT2D eigenvalue weighted by Gasteiger charge is -2.14. The van der Waals surface area contributed by atoms with Gasteiger partial charge in [0.1, 0.15) is 0 Å². The Morgan fingerprint density at radius 2 is 2.10 bits per heavy atom. The van der Waals surface area contributed by atoms with Crippen LogP contribution in [0.3, 0.4) is 0 Å². The van der Waals surface area contributed by atoms with E-state index in [-0.39, 0.29) is 11.9 Å². The maximum Gasteiger partial charge on any atom is 0.236 e. The molecule has 1 unspecified atom stereocenters. The first-order chi connectivity index (χ1) is 10.1. The topological polar surface area (TPSA) is 59.0 Å². The van der Waals surface area contributed by atoms with Crippen molar-refractivity contribution in [1.29, 1.82) is 0 Å². The van der Waals surface area contributed by atoms with Crippen molar-refractivity contribution in [3.63, 3.8) is 0 Å². The highest BCUT2D eigenvalue weighted by atomic mass is 16.2. The zero-order valence-electron chi connectivity index (χ0n) is 13.4. The summed E-state index contributed by atoms with van der Waals surface area (Å²) < 4.78 is 2.09. The summed E-state index contributed by atoms with van der Waals surface area (Å²) >= 11 is 0. The normalized spacial score (nSPS) is 17.3. The molecule has 0 spiro atoms. The van der Waals surface area contributed by atoms with Gasteiger partial charge in [-0.25, -0.2) is 0 Å². The van der Waals surface area contributed by atoms with Gasteiger partial charge in [0.25, 0.3) is 0 Å². The lowest BCUT2D eigenvalue weighted by atomic mass is 10.2. The fourth-order valence-corrected chi connectivity index (χ4v) is 2.65. The molecule has 2 rings (SSSR count). The molecule has 0 aliphatic heterocycles. The number of nitrogens with zero attached hydrogens (tertiary/aromatic N) is 2. The van der Waals surface area contributed by atoms with Crippen LogP contribution in [0.2, 0.25) is 0 Å². The number of aromatic nitrogens is 2. The van der Waals surface area contributed by atoms with E-state index in [1.807, 2.05) is 13.0 Å². The average molecular weight is 292 g/mol. The molecule has 1 amide bonds. The van der Waals surface area contributed by atoms with Gasteiger partial charge in [-0.15, -0.1) is 0 Å². The average Bonchev–Trinajstić information content (AvgIpc) is 3.12. The van der Waals surface area contributed by atoms with Crippen LogP contribution in [-0.4, -0.2) is 28.3 Å². The van der Waals surface area contributed by atoms with Crippen molar-refractivity contribution < 1.29 is 4.79 Å². The van der Waals surface area contributed by atoms with Gasteiger partial charge >= 0.3 is 0 Å². The van der Waals surface area contributed by atoms with Crippen molar-refractivity contribution in [2.75, 3.05) is 6.54 Å². The van der Waals surface area contributed by atoms with Gasteiger partial charge in [0.15, 0.2) is 0 Å². The standard InChI is InChI=1S/C16H28N4O/c1-12(2)10-18-16(21)13(3)17-11-14-8-9-20(19-14)15-6-4-5-7-15/h8-9,12-13,15,17H,4-7,10-11H2,1-3H3,(H,18,21). The molecule has 1 aromatic rings. The van der Waals surface area contributed by atoms with Gasteiger partial charge in [0.2, 0.25) is 5.91 Å². The first kappa shape index (κ1) is 16.0. The van der Waals surface area contributed by atoms with E-state index in [1.54, 1.807) is 0 Å². The minimum Gasteiger partial charge on any atom is -0.354 e. The predicted octanol–water partition coefficient (Wildman–Crippen LogP) is 2.25. The smallest absolute Gasteiger partial charge is 0.236 e. The predicted molar refractivity (Wildman–Crippen MR) is 83.9 cm³/mol. The van der Waals surface area contributed by atoms with Gasteiger partial charge in [-0.3, -0.25) is 9.48 Å². The van der Waals surface area contributed by atoms with Crippen LogP contribution in [-0.2, 0) is 11.3 Å². The van der Waals surface area contributed by atoms with Crippen LogP contribution in [0.25, 0.3) is 0 Å². The molecule has 2 N–H and O–H groups in total. The molecule has 1 heterocycles. The monoisotopic (exact) mass is 292 g/mol. The molecule has 1 aliphatic rings. The molecule has 5 nitrogen and oxygen atoms in total. The highest BCUT2D eigenvalue weighted by Crippen LogP contribution is 2.28. The van der Waals surface area contributed by atoms with Crippen LogP contribution in [0.5, 0.6) is 0 Å². The van der Waals surface area contributed by atoms with Crippen molar-refractivity contribution in [2.45, 2.75) is 65.1 Å². The molecule has 0 radical (unpaired) electrons. The van der Waals surface area contributed by atoms with E-state index >= 15 is 0 Å². The molecule has 1 saturated carbocycles. The minimum atomic E-state index is -0.194. The molecule has 1 atom stereocenters. The molecule has 118 valence electrons.